The first kappa shape index (κ1) is 17.5. The predicted molar refractivity (Wildman–Crippen MR) is 80.7 cm³/mol. The van der Waals surface area contributed by atoms with Crippen LogP contribution in [0.1, 0.15) is 27.2 Å². The van der Waals surface area contributed by atoms with Gasteiger partial charge in [-0.1, -0.05) is 6.92 Å². The van der Waals surface area contributed by atoms with E-state index in [0.29, 0.717) is 18.7 Å². The van der Waals surface area contributed by atoms with Gasteiger partial charge in [-0.15, -0.1) is 0 Å². The summed E-state index contributed by atoms with van der Waals surface area (Å²) in [4.78, 5) is 11.4. The smallest absolute Gasteiger partial charge is 0.257 e. The van der Waals surface area contributed by atoms with Crippen LogP contribution in [-0.4, -0.2) is 33.5 Å². The lowest BCUT2D eigenvalue weighted by Gasteiger charge is -2.12. The van der Waals surface area contributed by atoms with E-state index >= 15 is 0 Å². The Kier molecular flexibility index (Phi) is 6.64. The number of hydrogen-bond donors (Lipinski definition) is 2. The lowest BCUT2D eigenvalue weighted by Crippen LogP contribution is -2.32. The summed E-state index contributed by atoms with van der Waals surface area (Å²) in [7, 11) is -3.51. The van der Waals surface area contributed by atoms with Crippen LogP contribution in [0.2, 0.25) is 0 Å². The maximum Gasteiger partial charge on any atom is 0.257 e. The molecule has 0 saturated heterocycles. The molecule has 1 aromatic rings. The first-order valence-corrected chi connectivity index (χ1v) is 8.39. The molecule has 0 heterocycles. The monoisotopic (exact) mass is 314 g/mol. The van der Waals surface area contributed by atoms with E-state index in [2.05, 4.69) is 10.0 Å². The van der Waals surface area contributed by atoms with Gasteiger partial charge >= 0.3 is 0 Å². The number of nitrogens with one attached hydrogen (secondary N) is 2. The minimum Gasteiger partial charge on any atom is -0.484 e. The molecule has 0 aliphatic heterocycles. The van der Waals surface area contributed by atoms with E-state index in [4.69, 9.17) is 4.74 Å². The van der Waals surface area contributed by atoms with E-state index in [1.54, 1.807) is 6.92 Å². The fourth-order valence-corrected chi connectivity index (χ4v) is 2.86. The van der Waals surface area contributed by atoms with Crippen molar-refractivity contribution in [3.8, 4) is 5.75 Å². The van der Waals surface area contributed by atoms with Crippen molar-refractivity contribution < 1.29 is 17.9 Å². The van der Waals surface area contributed by atoms with Gasteiger partial charge in [0, 0.05) is 12.6 Å². The summed E-state index contributed by atoms with van der Waals surface area (Å²) in [6, 6.07) is 5.85. The molecule has 0 unspecified atom stereocenters. The highest BCUT2D eigenvalue weighted by molar-refractivity contribution is 7.89. The summed E-state index contributed by atoms with van der Waals surface area (Å²) >= 11 is 0. The van der Waals surface area contributed by atoms with Crippen molar-refractivity contribution in [3.05, 3.63) is 24.3 Å². The Balaban J connectivity index is 2.67. The second-order valence-corrected chi connectivity index (χ2v) is 6.36. The van der Waals surface area contributed by atoms with Crippen LogP contribution in [0.15, 0.2) is 29.2 Å². The summed E-state index contributed by atoms with van der Waals surface area (Å²) in [6.07, 6.45) is 0.715. The molecule has 21 heavy (non-hydrogen) atoms. The summed E-state index contributed by atoms with van der Waals surface area (Å²) in [5.74, 6) is 0.233. The molecule has 0 aromatic heterocycles. The lowest BCUT2D eigenvalue weighted by molar-refractivity contribution is -0.122. The number of sulfonamides is 1. The van der Waals surface area contributed by atoms with Gasteiger partial charge in [0.05, 0.1) is 4.90 Å². The predicted octanol–water partition coefficient (Wildman–Crippen LogP) is 1.28. The molecule has 0 aliphatic carbocycles. The van der Waals surface area contributed by atoms with E-state index in [1.165, 1.54) is 24.3 Å². The van der Waals surface area contributed by atoms with Gasteiger partial charge in [-0.25, -0.2) is 13.1 Å². The van der Waals surface area contributed by atoms with Crippen LogP contribution >= 0.6 is 0 Å². The van der Waals surface area contributed by atoms with Gasteiger partial charge in [0.25, 0.3) is 5.91 Å². The highest BCUT2D eigenvalue weighted by Gasteiger charge is 2.16. The third-order valence-corrected chi connectivity index (χ3v) is 4.45. The third kappa shape index (κ3) is 5.73. The van der Waals surface area contributed by atoms with Crippen molar-refractivity contribution in [1.82, 2.24) is 10.0 Å². The fraction of sp³-hybridized carbons (Fsp3) is 0.500. The quantitative estimate of drug-likeness (QED) is 0.757. The summed E-state index contributed by atoms with van der Waals surface area (Å²) in [6.45, 7) is 5.99. The molecule has 0 fully saturated rings. The van der Waals surface area contributed by atoms with Crippen LogP contribution in [0.4, 0.5) is 0 Å². The molecule has 0 bridgehead atoms. The molecule has 1 atom stereocenters. The highest BCUT2D eigenvalue weighted by Crippen LogP contribution is 2.16. The molecule has 7 heteroatoms. The van der Waals surface area contributed by atoms with Crippen molar-refractivity contribution in [3.63, 3.8) is 0 Å². The second-order valence-electron chi connectivity index (χ2n) is 4.64. The summed E-state index contributed by atoms with van der Waals surface area (Å²) in [5.41, 5.74) is 0. The lowest BCUT2D eigenvalue weighted by atomic mass is 10.3. The topological polar surface area (TPSA) is 84.5 Å². The maximum atomic E-state index is 12.0. The van der Waals surface area contributed by atoms with Crippen LogP contribution in [0, 0.1) is 0 Å². The van der Waals surface area contributed by atoms with Crippen molar-refractivity contribution in [2.75, 3.05) is 13.2 Å². The largest absolute Gasteiger partial charge is 0.484 e. The molecule has 0 radical (unpaired) electrons. The zero-order valence-electron chi connectivity index (χ0n) is 12.5. The van der Waals surface area contributed by atoms with Crippen molar-refractivity contribution in [2.45, 2.75) is 38.1 Å². The van der Waals surface area contributed by atoms with Crippen LogP contribution in [0.25, 0.3) is 0 Å². The van der Waals surface area contributed by atoms with Crippen LogP contribution in [0.5, 0.6) is 5.75 Å². The standard InChI is InChI=1S/C14H22N2O4S/c1-4-11(3)16-21(18,19)13-8-6-12(7-9-13)20-10-14(17)15-5-2/h6-9,11,16H,4-5,10H2,1-3H3,(H,15,17)/t11-/m0/s1. The number of ether oxygens (including phenoxy) is 1. The Labute approximate surface area is 125 Å². The molecule has 0 aliphatic rings. The fourth-order valence-electron chi connectivity index (χ4n) is 1.53. The Morgan fingerprint density at radius 1 is 1.24 bits per heavy atom. The van der Waals surface area contributed by atoms with E-state index in [9.17, 15) is 13.2 Å². The first-order valence-electron chi connectivity index (χ1n) is 6.91. The number of carbonyl (C=O) groups is 1. The third-order valence-electron chi connectivity index (χ3n) is 2.85. The van der Waals surface area contributed by atoms with Gasteiger partial charge in [-0.3, -0.25) is 4.79 Å². The van der Waals surface area contributed by atoms with Crippen molar-refractivity contribution in [1.29, 1.82) is 0 Å². The van der Waals surface area contributed by atoms with Gasteiger partial charge in [-0.05, 0) is 44.5 Å². The molecule has 1 amide bonds. The van der Waals surface area contributed by atoms with Gasteiger partial charge in [0.15, 0.2) is 6.61 Å². The Hall–Kier alpha value is -1.60. The molecule has 2 N–H and O–H groups in total. The number of amides is 1. The Morgan fingerprint density at radius 2 is 1.86 bits per heavy atom. The van der Waals surface area contributed by atoms with Gasteiger partial charge < -0.3 is 10.1 Å². The summed E-state index contributed by atoms with van der Waals surface area (Å²) in [5, 5.41) is 2.61. The van der Waals surface area contributed by atoms with E-state index < -0.39 is 10.0 Å². The number of benzene rings is 1. The molecule has 0 spiro atoms. The number of likely N-dealkylation sites (N-methyl/N-ethyl adjacent to an activating group) is 1. The molecule has 1 aromatic carbocycles. The minimum atomic E-state index is -3.51. The average Bonchev–Trinajstić information content (AvgIpc) is 2.45. The average molecular weight is 314 g/mol. The van der Waals surface area contributed by atoms with Gasteiger partial charge in [-0.2, -0.15) is 0 Å². The molecule has 0 saturated carbocycles. The molecular weight excluding hydrogens is 292 g/mol. The van der Waals surface area contributed by atoms with Gasteiger partial charge in [0.2, 0.25) is 10.0 Å². The van der Waals surface area contributed by atoms with Crippen LogP contribution in [0.3, 0.4) is 0 Å². The first-order chi connectivity index (χ1) is 9.89. The zero-order valence-corrected chi connectivity index (χ0v) is 13.4. The molecule has 118 valence electrons. The SMILES string of the molecule is CCNC(=O)COc1ccc(S(=O)(=O)N[C@@H](C)CC)cc1. The number of carbonyl (C=O) groups excluding carboxylic acids is 1. The zero-order chi connectivity index (χ0) is 15.9. The van der Waals surface area contributed by atoms with Crippen molar-refractivity contribution in [2.24, 2.45) is 0 Å². The van der Waals surface area contributed by atoms with E-state index in [0.717, 1.165) is 0 Å². The Bertz CT molecular complexity index is 555. The van der Waals surface area contributed by atoms with E-state index in [1.807, 2.05) is 13.8 Å². The normalized spacial score (nSPS) is 12.7. The van der Waals surface area contributed by atoms with Crippen molar-refractivity contribution >= 4 is 15.9 Å². The minimum absolute atomic E-state index is 0.0922. The molecular formula is C14H22N2O4S. The summed E-state index contributed by atoms with van der Waals surface area (Å²) < 4.78 is 31.9. The van der Waals surface area contributed by atoms with E-state index in [-0.39, 0.29) is 23.5 Å². The Morgan fingerprint density at radius 3 is 2.38 bits per heavy atom. The molecule has 1 rings (SSSR count). The van der Waals surface area contributed by atoms with Crippen LogP contribution in [-0.2, 0) is 14.8 Å². The number of hydrogen-bond acceptors (Lipinski definition) is 4. The number of rotatable bonds is 8. The maximum absolute atomic E-state index is 12.0. The molecule has 6 nitrogen and oxygen atoms in total. The highest BCUT2D eigenvalue weighted by atomic mass is 32.2. The second kappa shape index (κ2) is 7.99. The van der Waals surface area contributed by atoms with Gasteiger partial charge in [0.1, 0.15) is 5.75 Å². The van der Waals surface area contributed by atoms with Crippen LogP contribution < -0.4 is 14.8 Å².